The van der Waals surface area contributed by atoms with E-state index in [-0.39, 0.29) is 35.1 Å². The van der Waals surface area contributed by atoms with Crippen molar-refractivity contribution in [3.8, 4) is 0 Å². The number of rotatable bonds is 6. The predicted octanol–water partition coefficient (Wildman–Crippen LogP) is 4.34. The number of aryl methyl sites for hydroxylation is 1. The lowest BCUT2D eigenvalue weighted by Crippen LogP contribution is -2.38. The Hall–Kier alpha value is -2.03. The van der Waals surface area contributed by atoms with Gasteiger partial charge in [-0.25, -0.2) is 8.42 Å². The van der Waals surface area contributed by atoms with Crippen molar-refractivity contribution < 1.29 is 13.2 Å². The Morgan fingerprint density at radius 3 is 2.58 bits per heavy atom. The maximum Gasteiger partial charge on any atom is 0.252 e. The number of nitrogens with zero attached hydrogens (tertiary/aromatic N) is 3. The van der Waals surface area contributed by atoms with Crippen LogP contribution in [0.1, 0.15) is 25.0 Å². The maximum atomic E-state index is 12.8. The number of hydrogen-bond donors (Lipinski definition) is 0. The number of halogens is 1. The molecule has 2 fully saturated rings. The Kier molecular flexibility index (Phi) is 7.07. The first-order valence-electron chi connectivity index (χ1n) is 11.1. The van der Waals surface area contributed by atoms with Gasteiger partial charge in [-0.2, -0.15) is 4.99 Å². The highest BCUT2D eigenvalue weighted by Crippen LogP contribution is 2.42. The standard InChI is InChI=1S/C24H28ClN3O3S2/c1-4-27(5-2)18-10-11-20(16(3)12-18)28-21-14-33(30,31)15-22(21)32-24(28)26-23(29)13-17-8-6-7-9-19(17)25/h6-12,21-22H,4-5,13-15H2,1-3H3/t21-,22+/m1/s1. The van der Waals surface area contributed by atoms with Crippen molar-refractivity contribution in [2.75, 3.05) is 34.4 Å². The van der Waals surface area contributed by atoms with E-state index in [0.29, 0.717) is 10.2 Å². The van der Waals surface area contributed by atoms with Gasteiger partial charge in [0, 0.05) is 34.7 Å². The quantitative estimate of drug-likeness (QED) is 0.581. The number of carbonyl (C=O) groups excluding carboxylic acids is 1. The number of aliphatic imine (C=N–C) groups is 1. The molecule has 1 amide bonds. The molecule has 4 rings (SSSR count). The molecule has 2 atom stereocenters. The van der Waals surface area contributed by atoms with Gasteiger partial charge in [0.1, 0.15) is 0 Å². The van der Waals surface area contributed by atoms with E-state index in [0.717, 1.165) is 35.6 Å². The smallest absolute Gasteiger partial charge is 0.252 e. The van der Waals surface area contributed by atoms with Gasteiger partial charge in [0.25, 0.3) is 5.91 Å². The fourth-order valence-electron chi connectivity index (χ4n) is 4.49. The highest BCUT2D eigenvalue weighted by atomic mass is 35.5. The van der Waals surface area contributed by atoms with Gasteiger partial charge in [0.05, 0.1) is 24.0 Å². The van der Waals surface area contributed by atoms with Gasteiger partial charge in [-0.05, 0) is 56.2 Å². The number of carbonyl (C=O) groups is 1. The summed E-state index contributed by atoms with van der Waals surface area (Å²) in [5.74, 6) is -0.122. The molecule has 0 radical (unpaired) electrons. The van der Waals surface area contributed by atoms with Crippen molar-refractivity contribution in [2.45, 2.75) is 38.5 Å². The Labute approximate surface area is 204 Å². The minimum absolute atomic E-state index is 0.0691. The van der Waals surface area contributed by atoms with Crippen molar-refractivity contribution in [3.05, 3.63) is 58.6 Å². The molecule has 0 spiro atoms. The summed E-state index contributed by atoms with van der Waals surface area (Å²) in [5, 5.41) is 0.965. The third-order valence-electron chi connectivity index (χ3n) is 6.15. The van der Waals surface area contributed by atoms with Crippen molar-refractivity contribution in [1.29, 1.82) is 0 Å². The molecular formula is C24H28ClN3O3S2. The number of amidine groups is 1. The average Bonchev–Trinajstić information content (AvgIpc) is 3.22. The summed E-state index contributed by atoms with van der Waals surface area (Å²) in [6, 6.07) is 13.2. The van der Waals surface area contributed by atoms with E-state index in [1.807, 2.05) is 36.1 Å². The monoisotopic (exact) mass is 505 g/mol. The van der Waals surface area contributed by atoms with Crippen molar-refractivity contribution in [1.82, 2.24) is 0 Å². The van der Waals surface area contributed by atoms with Gasteiger partial charge in [-0.1, -0.05) is 41.6 Å². The highest BCUT2D eigenvalue weighted by Gasteiger charge is 2.49. The van der Waals surface area contributed by atoms with Gasteiger partial charge < -0.3 is 9.80 Å². The van der Waals surface area contributed by atoms with Gasteiger partial charge in [0.2, 0.25) is 0 Å². The molecule has 2 aliphatic heterocycles. The lowest BCUT2D eigenvalue weighted by molar-refractivity contribution is -0.117. The van der Waals surface area contributed by atoms with E-state index in [1.165, 1.54) is 11.8 Å². The molecule has 0 unspecified atom stereocenters. The van der Waals surface area contributed by atoms with Crippen molar-refractivity contribution in [2.24, 2.45) is 4.99 Å². The van der Waals surface area contributed by atoms with Crippen LogP contribution in [-0.2, 0) is 21.1 Å². The van der Waals surface area contributed by atoms with Crippen LogP contribution in [-0.4, -0.2) is 55.4 Å². The normalized spacial score (nSPS) is 22.5. The lowest BCUT2D eigenvalue weighted by atomic mass is 10.1. The molecule has 0 bridgehead atoms. The topological polar surface area (TPSA) is 70.0 Å². The second-order valence-electron chi connectivity index (χ2n) is 8.37. The zero-order valence-corrected chi connectivity index (χ0v) is 21.4. The zero-order chi connectivity index (χ0) is 23.8. The molecule has 2 heterocycles. The Bertz CT molecular complexity index is 1200. The third kappa shape index (κ3) is 5.08. The molecule has 6 nitrogen and oxygen atoms in total. The summed E-state index contributed by atoms with van der Waals surface area (Å²) < 4.78 is 24.7. The first kappa shape index (κ1) is 24.1. The van der Waals surface area contributed by atoms with Crippen LogP contribution in [0.2, 0.25) is 5.02 Å². The summed E-state index contributed by atoms with van der Waals surface area (Å²) in [4.78, 5) is 21.5. The van der Waals surface area contributed by atoms with Crippen molar-refractivity contribution in [3.63, 3.8) is 0 Å². The summed E-state index contributed by atoms with van der Waals surface area (Å²) in [5.41, 5.74) is 3.77. The van der Waals surface area contributed by atoms with E-state index in [4.69, 9.17) is 11.6 Å². The lowest BCUT2D eigenvalue weighted by Gasteiger charge is -2.28. The summed E-state index contributed by atoms with van der Waals surface area (Å²) in [6.45, 7) is 8.06. The van der Waals surface area contributed by atoms with E-state index in [2.05, 4.69) is 35.9 Å². The SMILES string of the molecule is CCN(CC)c1ccc(N2C(=NC(=O)Cc3ccccc3Cl)S[C@H]3CS(=O)(=O)C[C@H]32)c(C)c1. The first-order chi connectivity index (χ1) is 15.7. The van der Waals surface area contributed by atoms with Crippen LogP contribution in [0.3, 0.4) is 0 Å². The summed E-state index contributed by atoms with van der Waals surface area (Å²) >= 11 is 7.61. The van der Waals surface area contributed by atoms with Gasteiger partial charge in [-0.3, -0.25) is 4.79 Å². The molecule has 0 N–H and O–H groups in total. The minimum Gasteiger partial charge on any atom is -0.372 e. The van der Waals surface area contributed by atoms with Crippen LogP contribution in [0.25, 0.3) is 0 Å². The van der Waals surface area contributed by atoms with E-state index in [9.17, 15) is 13.2 Å². The molecular weight excluding hydrogens is 478 g/mol. The second-order valence-corrected chi connectivity index (χ2v) is 12.1. The summed E-state index contributed by atoms with van der Waals surface area (Å²) in [6.07, 6.45) is 0.102. The second kappa shape index (κ2) is 9.68. The van der Waals surface area contributed by atoms with E-state index < -0.39 is 9.84 Å². The van der Waals surface area contributed by atoms with Crippen LogP contribution in [0, 0.1) is 6.92 Å². The molecule has 176 valence electrons. The molecule has 9 heteroatoms. The molecule has 2 aromatic rings. The van der Waals surface area contributed by atoms with Gasteiger partial charge >= 0.3 is 0 Å². The minimum atomic E-state index is -3.12. The zero-order valence-electron chi connectivity index (χ0n) is 19.0. The summed E-state index contributed by atoms with van der Waals surface area (Å²) in [7, 11) is -3.12. The largest absolute Gasteiger partial charge is 0.372 e. The number of anilines is 2. The van der Waals surface area contributed by atoms with Crippen molar-refractivity contribution >= 4 is 55.6 Å². The molecule has 0 aromatic heterocycles. The number of sulfone groups is 1. The Balaban J connectivity index is 1.68. The molecule has 2 saturated heterocycles. The molecule has 0 aliphatic carbocycles. The van der Waals surface area contributed by atoms with E-state index in [1.54, 1.807) is 6.07 Å². The van der Waals surface area contributed by atoms with Gasteiger partial charge in [-0.15, -0.1) is 0 Å². The molecule has 0 saturated carbocycles. The fourth-order valence-corrected chi connectivity index (χ4v) is 8.62. The number of hydrogen-bond acceptors (Lipinski definition) is 5. The predicted molar refractivity (Wildman–Crippen MR) is 139 cm³/mol. The molecule has 2 aromatic carbocycles. The molecule has 33 heavy (non-hydrogen) atoms. The number of amides is 1. The maximum absolute atomic E-state index is 12.8. The first-order valence-corrected chi connectivity index (χ1v) is 14.2. The van der Waals surface area contributed by atoms with Crippen LogP contribution in [0.5, 0.6) is 0 Å². The number of benzene rings is 2. The van der Waals surface area contributed by atoms with Crippen LogP contribution in [0.15, 0.2) is 47.5 Å². The molecule has 2 aliphatic rings. The van der Waals surface area contributed by atoms with E-state index >= 15 is 0 Å². The Morgan fingerprint density at radius 1 is 1.18 bits per heavy atom. The fraction of sp³-hybridized carbons (Fsp3) is 0.417. The highest BCUT2D eigenvalue weighted by molar-refractivity contribution is 8.16. The van der Waals surface area contributed by atoms with Crippen LogP contribution < -0.4 is 9.80 Å². The van der Waals surface area contributed by atoms with Gasteiger partial charge in [0.15, 0.2) is 15.0 Å². The van der Waals surface area contributed by atoms with Crippen LogP contribution in [0.4, 0.5) is 11.4 Å². The third-order valence-corrected chi connectivity index (χ3v) is 9.73. The number of thioether (sulfide) groups is 1. The Morgan fingerprint density at radius 2 is 1.91 bits per heavy atom. The average molecular weight is 506 g/mol. The van der Waals surface area contributed by atoms with Crippen LogP contribution >= 0.6 is 23.4 Å². The number of fused-ring (bicyclic) bond motifs is 1.